The summed E-state index contributed by atoms with van der Waals surface area (Å²) in [7, 11) is -10.3. The van der Waals surface area contributed by atoms with Crippen LogP contribution in [0.5, 0.6) is 0 Å². The number of halogens is 1. The van der Waals surface area contributed by atoms with E-state index in [1.54, 1.807) is 0 Å². The minimum atomic E-state index is -5.14. The average molecular weight is 210 g/mol. The Balaban J connectivity index is -0.0000000457. The van der Waals surface area contributed by atoms with Crippen molar-refractivity contribution in [3.05, 3.63) is 0 Å². The fourth-order valence-electron chi connectivity index (χ4n) is 0. The van der Waals surface area contributed by atoms with Crippen LogP contribution in [0.3, 0.4) is 0 Å². The van der Waals surface area contributed by atoms with Gasteiger partial charge in [0, 0.05) is 0 Å². The Kier molecular flexibility index (Phi) is 17.4. The Morgan fingerprint density at radius 3 is 1.00 bits per heavy atom. The molecule has 0 aliphatic rings. The first kappa shape index (κ1) is 23.3. The number of hydrogen-bond donors (Lipinski definition) is 3. The molecule has 7 nitrogen and oxygen atoms in total. The molecular formula is H3FLi2O7P2. The number of hydrogen-bond acceptors (Lipinski definition) is 4. The zero-order valence-corrected chi connectivity index (χ0v) is 8.04. The van der Waals surface area contributed by atoms with E-state index in [9.17, 15) is 4.20 Å². The van der Waals surface area contributed by atoms with E-state index < -0.39 is 15.7 Å². The van der Waals surface area contributed by atoms with Crippen LogP contribution in [0.2, 0.25) is 0 Å². The fraction of sp³-hybridized carbons (Fsp3) is 0. The molecule has 0 heterocycles. The van der Waals surface area contributed by atoms with Crippen molar-refractivity contribution in [1.82, 2.24) is 0 Å². The van der Waals surface area contributed by atoms with Crippen LogP contribution in [-0.4, -0.2) is 14.7 Å². The van der Waals surface area contributed by atoms with Crippen LogP contribution in [0.15, 0.2) is 0 Å². The van der Waals surface area contributed by atoms with Crippen molar-refractivity contribution in [3.63, 3.8) is 0 Å². The van der Waals surface area contributed by atoms with Crippen LogP contribution >= 0.6 is 15.7 Å². The van der Waals surface area contributed by atoms with Gasteiger partial charge in [-0.25, -0.2) is 4.57 Å². The summed E-state index contributed by atoms with van der Waals surface area (Å²) >= 11 is 0. The Morgan fingerprint density at radius 1 is 1.00 bits per heavy atom. The number of phosphoric acid groups is 1. The molecule has 0 fully saturated rings. The molecule has 0 aliphatic heterocycles. The van der Waals surface area contributed by atoms with Gasteiger partial charge in [-0.1, -0.05) is 0 Å². The van der Waals surface area contributed by atoms with Crippen LogP contribution in [0, 0.1) is 0 Å². The van der Waals surface area contributed by atoms with Gasteiger partial charge in [-0.05, 0) is 0 Å². The minimum absolute atomic E-state index is 0. The monoisotopic (exact) mass is 210 g/mol. The van der Waals surface area contributed by atoms with Gasteiger partial charge < -0.3 is 19.2 Å². The summed E-state index contributed by atoms with van der Waals surface area (Å²) < 4.78 is 27.7. The summed E-state index contributed by atoms with van der Waals surface area (Å²) in [6.45, 7) is 0. The van der Waals surface area contributed by atoms with E-state index in [2.05, 4.69) is 0 Å². The first-order valence-corrected chi connectivity index (χ1v) is 4.50. The van der Waals surface area contributed by atoms with E-state index >= 15 is 0 Å². The second-order valence-corrected chi connectivity index (χ2v) is 2.82. The zero-order chi connectivity index (χ0) is 9.00. The Labute approximate surface area is 91.2 Å². The normalized spacial score (nSPS) is 9.83. The first-order valence-electron chi connectivity index (χ1n) is 1.50. The smallest absolute Gasteiger partial charge is 0.790 e. The maximum atomic E-state index is 10.4. The molecular weight excluding hydrogens is 207 g/mol. The molecule has 0 rings (SSSR count). The molecule has 0 spiro atoms. The molecule has 3 N–H and O–H groups in total. The van der Waals surface area contributed by atoms with Crippen LogP contribution in [0.4, 0.5) is 4.20 Å². The Hall–Kier alpha value is 1.38. The molecule has 0 saturated carbocycles. The van der Waals surface area contributed by atoms with Crippen molar-refractivity contribution >= 4 is 15.7 Å². The average Bonchev–Trinajstić information content (AvgIpc) is 1.12. The van der Waals surface area contributed by atoms with E-state index in [1.165, 1.54) is 0 Å². The standard InChI is InChI=1S/FH2O3P.2Li.H3O4P/c1-5(2,3)4;;;1-5(2,3)4/h(H2,2,3,4);;;(H3,1,2,3,4)/q;2*+1;/p-2. The quantitative estimate of drug-likeness (QED) is 0.266. The van der Waals surface area contributed by atoms with E-state index in [0.29, 0.717) is 0 Å². The van der Waals surface area contributed by atoms with Gasteiger partial charge in [0.2, 0.25) is 0 Å². The van der Waals surface area contributed by atoms with E-state index in [-0.39, 0.29) is 37.7 Å². The molecule has 64 valence electrons. The largest absolute Gasteiger partial charge is 1.00 e. The molecule has 0 bridgehead atoms. The van der Waals surface area contributed by atoms with Crippen LogP contribution < -0.4 is 47.5 Å². The summed E-state index contributed by atoms with van der Waals surface area (Å²) in [4.78, 5) is 38.2. The first-order chi connectivity index (χ1) is 4.00. The van der Waals surface area contributed by atoms with Gasteiger partial charge in [0.05, 0.1) is 7.82 Å². The molecule has 0 atom stereocenters. The maximum absolute atomic E-state index is 10.4. The summed E-state index contributed by atoms with van der Waals surface area (Å²) in [5, 5.41) is 0. The molecule has 12 heavy (non-hydrogen) atoms. The third-order valence-electron chi connectivity index (χ3n) is 0. The van der Waals surface area contributed by atoms with Crippen molar-refractivity contribution in [2.45, 2.75) is 0 Å². The zero-order valence-electron chi connectivity index (χ0n) is 6.25. The molecule has 0 amide bonds. The molecule has 0 saturated heterocycles. The van der Waals surface area contributed by atoms with Crippen molar-refractivity contribution in [2.75, 3.05) is 0 Å². The van der Waals surface area contributed by atoms with Crippen LogP contribution in [-0.2, 0) is 9.13 Å². The van der Waals surface area contributed by atoms with Gasteiger partial charge >= 0.3 is 45.6 Å². The van der Waals surface area contributed by atoms with Crippen LogP contribution in [0.25, 0.3) is 0 Å². The maximum Gasteiger partial charge on any atom is 1.00 e. The van der Waals surface area contributed by atoms with Gasteiger partial charge in [0.1, 0.15) is 0 Å². The third-order valence-corrected chi connectivity index (χ3v) is 0. The van der Waals surface area contributed by atoms with Crippen LogP contribution in [0.1, 0.15) is 0 Å². The van der Waals surface area contributed by atoms with Crippen molar-refractivity contribution in [1.29, 1.82) is 0 Å². The second-order valence-electron chi connectivity index (χ2n) is 0.941. The third kappa shape index (κ3) is 640. The van der Waals surface area contributed by atoms with Gasteiger partial charge in [-0.3, -0.25) is 9.79 Å². The predicted molar refractivity (Wildman–Crippen MR) is 23.0 cm³/mol. The van der Waals surface area contributed by atoms with Gasteiger partial charge in [0.15, 0.2) is 0 Å². The molecule has 0 aromatic rings. The Morgan fingerprint density at radius 2 is 1.00 bits per heavy atom. The van der Waals surface area contributed by atoms with E-state index in [0.717, 1.165) is 0 Å². The fourth-order valence-corrected chi connectivity index (χ4v) is 0. The molecule has 0 aliphatic carbocycles. The molecule has 0 unspecified atom stereocenters. The van der Waals surface area contributed by atoms with Crippen molar-refractivity contribution < 1.29 is 75.5 Å². The minimum Gasteiger partial charge on any atom is -0.790 e. The Bertz CT molecular complexity index is 132. The van der Waals surface area contributed by atoms with E-state index in [4.69, 9.17) is 33.6 Å². The van der Waals surface area contributed by atoms with Crippen molar-refractivity contribution in [3.8, 4) is 0 Å². The summed E-state index contributed by atoms with van der Waals surface area (Å²) in [6.07, 6.45) is 0. The summed E-state index contributed by atoms with van der Waals surface area (Å²) in [6, 6.07) is 0. The molecule has 0 aromatic carbocycles. The number of rotatable bonds is 0. The van der Waals surface area contributed by atoms with Gasteiger partial charge in [0.25, 0.3) is 0 Å². The summed E-state index contributed by atoms with van der Waals surface area (Å²) in [5.41, 5.74) is 0. The SMILES string of the molecule is O=P(O)(O)F.O=P([O-])([O-])O.[Li+].[Li+]. The second kappa shape index (κ2) is 8.96. The molecule has 0 radical (unpaired) electrons. The van der Waals surface area contributed by atoms with E-state index in [1.807, 2.05) is 0 Å². The molecule has 0 aromatic heterocycles. The van der Waals surface area contributed by atoms with Gasteiger partial charge in [-0.15, -0.1) is 4.20 Å². The topological polar surface area (TPSA) is 141 Å². The molecule has 12 heteroatoms. The summed E-state index contributed by atoms with van der Waals surface area (Å²) in [5.74, 6) is 0. The van der Waals surface area contributed by atoms with Crippen molar-refractivity contribution in [2.24, 2.45) is 0 Å². The van der Waals surface area contributed by atoms with Gasteiger partial charge in [-0.2, -0.15) is 0 Å². The predicted octanol–water partition coefficient (Wildman–Crippen LogP) is -8.14.